The van der Waals surface area contributed by atoms with Crippen molar-refractivity contribution in [3.05, 3.63) is 0 Å². The van der Waals surface area contributed by atoms with Gasteiger partial charge < -0.3 is 5.32 Å². The van der Waals surface area contributed by atoms with E-state index in [1.165, 1.54) is 38.9 Å². The van der Waals surface area contributed by atoms with E-state index in [-0.39, 0.29) is 24.8 Å². The second-order valence-electron chi connectivity index (χ2n) is 3.88. The van der Waals surface area contributed by atoms with E-state index in [9.17, 15) is 0 Å². The number of nitrogens with one attached hydrogen (secondary N) is 1. The summed E-state index contributed by atoms with van der Waals surface area (Å²) in [5.41, 5.74) is 0. The third-order valence-corrected chi connectivity index (χ3v) is 3.10. The highest BCUT2D eigenvalue weighted by molar-refractivity contribution is 5.85. The zero-order valence-corrected chi connectivity index (χ0v) is 9.79. The molecule has 1 aliphatic carbocycles. The largest absolute Gasteiger partial charge is 0.314 e. The smallest absolute Gasteiger partial charge is 0.0195 e. The van der Waals surface area contributed by atoms with Crippen LogP contribution in [0.25, 0.3) is 0 Å². The molecule has 80 valence electrons. The zero-order chi connectivity index (χ0) is 7.68. The third kappa shape index (κ3) is 2.98. The summed E-state index contributed by atoms with van der Waals surface area (Å²) in [5, 5.41) is 3.43. The highest BCUT2D eigenvalue weighted by atomic mass is 35.5. The molecule has 2 nitrogen and oxygen atoms in total. The van der Waals surface area contributed by atoms with Gasteiger partial charge in [0.25, 0.3) is 0 Å². The minimum absolute atomic E-state index is 0. The molecule has 4 heteroatoms. The van der Waals surface area contributed by atoms with Crippen LogP contribution in [-0.4, -0.2) is 36.6 Å². The lowest BCUT2D eigenvalue weighted by Gasteiger charge is -2.44. The highest BCUT2D eigenvalue weighted by Crippen LogP contribution is 2.26. The van der Waals surface area contributed by atoms with Gasteiger partial charge in [0.1, 0.15) is 0 Å². The molecule has 2 rings (SSSR count). The van der Waals surface area contributed by atoms with Crippen LogP contribution < -0.4 is 5.32 Å². The van der Waals surface area contributed by atoms with Crippen molar-refractivity contribution in [1.82, 2.24) is 10.2 Å². The molecule has 1 aliphatic heterocycles. The molecule has 1 N–H and O–H groups in total. The molecule has 0 aromatic heterocycles. The monoisotopic (exact) mass is 226 g/mol. The maximum absolute atomic E-state index is 3.43. The Kier molecular flexibility index (Phi) is 6.31. The molecule has 2 fully saturated rings. The summed E-state index contributed by atoms with van der Waals surface area (Å²) in [4.78, 5) is 2.68. The molecule has 1 saturated carbocycles. The maximum atomic E-state index is 3.43. The van der Waals surface area contributed by atoms with Crippen LogP contribution in [-0.2, 0) is 0 Å². The minimum Gasteiger partial charge on any atom is -0.314 e. The number of hydrogen-bond acceptors (Lipinski definition) is 2. The fraction of sp³-hybridized carbons (Fsp3) is 1.00. The molecule has 1 atom stereocenters. The number of hydrogen-bond donors (Lipinski definition) is 1. The lowest BCUT2D eigenvalue weighted by atomic mass is 9.90. The summed E-state index contributed by atoms with van der Waals surface area (Å²) in [6, 6.07) is 1.71. The van der Waals surface area contributed by atoms with Gasteiger partial charge in [0, 0.05) is 31.7 Å². The molecule has 13 heavy (non-hydrogen) atoms. The Morgan fingerprint density at radius 2 is 1.92 bits per heavy atom. The van der Waals surface area contributed by atoms with E-state index in [2.05, 4.69) is 17.1 Å². The second-order valence-corrected chi connectivity index (χ2v) is 3.88. The molecule has 1 heterocycles. The van der Waals surface area contributed by atoms with Gasteiger partial charge in [-0.1, -0.05) is 6.42 Å². The van der Waals surface area contributed by atoms with Crippen molar-refractivity contribution in [1.29, 1.82) is 0 Å². The molecule has 0 aromatic carbocycles. The topological polar surface area (TPSA) is 15.3 Å². The van der Waals surface area contributed by atoms with Gasteiger partial charge in [-0.3, -0.25) is 4.90 Å². The van der Waals surface area contributed by atoms with Crippen molar-refractivity contribution in [3.63, 3.8) is 0 Å². The minimum atomic E-state index is 0. The highest BCUT2D eigenvalue weighted by Gasteiger charge is 2.29. The van der Waals surface area contributed by atoms with E-state index in [1.54, 1.807) is 0 Å². The van der Waals surface area contributed by atoms with E-state index in [0.29, 0.717) is 0 Å². The van der Waals surface area contributed by atoms with E-state index < -0.39 is 0 Å². The summed E-state index contributed by atoms with van der Waals surface area (Å²) in [7, 11) is 0. The standard InChI is InChI=1S/C9H18N2.2ClH/c1-8-7-10-5-6-11(8)9-3-2-4-9;;/h8-10H,2-7H2,1H3;2*1H/t8-;;/m1../s1. The number of piperazine rings is 1. The normalized spacial score (nSPS) is 29.8. The van der Waals surface area contributed by atoms with Crippen molar-refractivity contribution in [2.45, 2.75) is 38.3 Å². The fourth-order valence-corrected chi connectivity index (χ4v) is 2.12. The Labute approximate surface area is 93.3 Å². The summed E-state index contributed by atoms with van der Waals surface area (Å²) in [6.07, 6.45) is 4.36. The summed E-state index contributed by atoms with van der Waals surface area (Å²) in [6.45, 7) is 5.99. The van der Waals surface area contributed by atoms with E-state index >= 15 is 0 Å². The molecule has 0 radical (unpaired) electrons. The molecular weight excluding hydrogens is 207 g/mol. The van der Waals surface area contributed by atoms with Crippen LogP contribution in [0.1, 0.15) is 26.2 Å². The predicted octanol–water partition coefficient (Wildman–Crippen LogP) is 1.68. The SMILES string of the molecule is C[C@@H]1CNCCN1C1CCC1.Cl.Cl. The molecule has 2 aliphatic rings. The van der Waals surface area contributed by atoms with Gasteiger partial charge in [0.2, 0.25) is 0 Å². The summed E-state index contributed by atoms with van der Waals surface area (Å²) < 4.78 is 0. The van der Waals surface area contributed by atoms with Crippen LogP contribution in [0.3, 0.4) is 0 Å². The second kappa shape index (κ2) is 6.07. The van der Waals surface area contributed by atoms with Crippen LogP contribution in [0.2, 0.25) is 0 Å². The lowest BCUT2D eigenvalue weighted by molar-refractivity contribution is 0.0690. The Morgan fingerprint density at radius 3 is 2.38 bits per heavy atom. The Balaban J connectivity index is 0.000000720. The van der Waals surface area contributed by atoms with Crippen LogP contribution in [0.4, 0.5) is 0 Å². The molecule has 1 saturated heterocycles. The average Bonchev–Trinajstić information content (AvgIpc) is 1.90. The molecule has 0 aromatic rings. The van der Waals surface area contributed by atoms with Crippen molar-refractivity contribution < 1.29 is 0 Å². The maximum Gasteiger partial charge on any atom is 0.0195 e. The molecular formula is C9H20Cl2N2. The average molecular weight is 227 g/mol. The van der Waals surface area contributed by atoms with Crippen LogP contribution >= 0.6 is 24.8 Å². The third-order valence-electron chi connectivity index (χ3n) is 3.10. The Morgan fingerprint density at radius 1 is 1.23 bits per heavy atom. The predicted molar refractivity (Wildman–Crippen MR) is 61.2 cm³/mol. The van der Waals surface area contributed by atoms with Crippen LogP contribution in [0, 0.1) is 0 Å². The van der Waals surface area contributed by atoms with E-state index in [0.717, 1.165) is 12.1 Å². The first kappa shape index (κ1) is 13.5. The first-order valence-electron chi connectivity index (χ1n) is 4.84. The van der Waals surface area contributed by atoms with Crippen molar-refractivity contribution in [3.8, 4) is 0 Å². The number of halogens is 2. The molecule has 0 bridgehead atoms. The molecule has 0 spiro atoms. The van der Waals surface area contributed by atoms with Crippen molar-refractivity contribution in [2.24, 2.45) is 0 Å². The fourth-order valence-electron chi connectivity index (χ4n) is 2.12. The van der Waals surface area contributed by atoms with Gasteiger partial charge in [-0.05, 0) is 19.8 Å². The number of rotatable bonds is 1. The van der Waals surface area contributed by atoms with E-state index in [4.69, 9.17) is 0 Å². The van der Waals surface area contributed by atoms with Gasteiger partial charge in [0.15, 0.2) is 0 Å². The van der Waals surface area contributed by atoms with Gasteiger partial charge in [0.05, 0.1) is 0 Å². The van der Waals surface area contributed by atoms with Crippen LogP contribution in [0.5, 0.6) is 0 Å². The summed E-state index contributed by atoms with van der Waals surface area (Å²) in [5.74, 6) is 0. The zero-order valence-electron chi connectivity index (χ0n) is 8.16. The number of nitrogens with zero attached hydrogens (tertiary/aromatic N) is 1. The Hall–Kier alpha value is 0.500. The van der Waals surface area contributed by atoms with Crippen LogP contribution in [0.15, 0.2) is 0 Å². The van der Waals surface area contributed by atoms with Gasteiger partial charge in [-0.2, -0.15) is 0 Å². The van der Waals surface area contributed by atoms with Gasteiger partial charge in [-0.25, -0.2) is 0 Å². The lowest BCUT2D eigenvalue weighted by Crippen LogP contribution is -2.55. The molecule has 0 unspecified atom stereocenters. The van der Waals surface area contributed by atoms with Gasteiger partial charge in [-0.15, -0.1) is 24.8 Å². The van der Waals surface area contributed by atoms with Gasteiger partial charge >= 0.3 is 0 Å². The van der Waals surface area contributed by atoms with E-state index in [1.807, 2.05) is 0 Å². The summed E-state index contributed by atoms with van der Waals surface area (Å²) >= 11 is 0. The molecule has 0 amide bonds. The van der Waals surface area contributed by atoms with Crippen molar-refractivity contribution >= 4 is 24.8 Å². The van der Waals surface area contributed by atoms with Crippen molar-refractivity contribution in [2.75, 3.05) is 19.6 Å². The first-order valence-corrected chi connectivity index (χ1v) is 4.84. The Bertz CT molecular complexity index is 138. The quantitative estimate of drug-likeness (QED) is 0.733. The first-order chi connectivity index (χ1) is 5.38.